The number of hydrogen-bond acceptors (Lipinski definition) is 4. The Morgan fingerprint density at radius 1 is 1.16 bits per heavy atom. The van der Waals surface area contributed by atoms with E-state index in [4.69, 9.17) is 0 Å². The molecule has 25 heavy (non-hydrogen) atoms. The summed E-state index contributed by atoms with van der Waals surface area (Å²) >= 11 is 3.34. The van der Waals surface area contributed by atoms with Crippen molar-refractivity contribution in [3.05, 3.63) is 82.3 Å². The van der Waals surface area contributed by atoms with Gasteiger partial charge in [-0.05, 0) is 36.8 Å². The van der Waals surface area contributed by atoms with E-state index in [0.717, 1.165) is 21.9 Å². The lowest BCUT2D eigenvalue weighted by Gasteiger charge is -2.25. The second-order valence-corrected chi connectivity index (χ2v) is 7.56. The first kappa shape index (κ1) is 17.7. The van der Waals surface area contributed by atoms with Gasteiger partial charge in [0, 0.05) is 28.6 Å². The van der Waals surface area contributed by atoms with Gasteiger partial charge in [-0.25, -0.2) is 4.98 Å². The average molecular weight is 369 g/mol. The SMILES string of the molecule is C[C@@H](c1ccccc1)N(C)C(=O)c1ccc(SCc2cscn2)cc1. The predicted molar refractivity (Wildman–Crippen MR) is 105 cm³/mol. The van der Waals surface area contributed by atoms with Gasteiger partial charge in [-0.1, -0.05) is 30.3 Å². The van der Waals surface area contributed by atoms with E-state index < -0.39 is 0 Å². The maximum Gasteiger partial charge on any atom is 0.254 e. The van der Waals surface area contributed by atoms with E-state index in [0.29, 0.717) is 5.56 Å². The summed E-state index contributed by atoms with van der Waals surface area (Å²) in [4.78, 5) is 19.9. The molecule has 0 radical (unpaired) electrons. The second-order valence-electron chi connectivity index (χ2n) is 5.80. The molecule has 0 saturated heterocycles. The van der Waals surface area contributed by atoms with Crippen LogP contribution in [0.5, 0.6) is 0 Å². The number of thioether (sulfide) groups is 1. The Labute approximate surface area is 156 Å². The van der Waals surface area contributed by atoms with Crippen molar-refractivity contribution < 1.29 is 4.79 Å². The van der Waals surface area contributed by atoms with Crippen LogP contribution in [0.1, 0.15) is 34.6 Å². The molecular formula is C20H20N2OS2. The molecule has 0 N–H and O–H groups in total. The molecule has 3 rings (SSSR count). The van der Waals surface area contributed by atoms with Crippen LogP contribution < -0.4 is 0 Å². The highest BCUT2D eigenvalue weighted by molar-refractivity contribution is 7.98. The normalized spacial score (nSPS) is 11.9. The number of rotatable bonds is 6. The molecule has 1 heterocycles. The summed E-state index contributed by atoms with van der Waals surface area (Å²) in [5, 5.41) is 2.06. The smallest absolute Gasteiger partial charge is 0.254 e. The van der Waals surface area contributed by atoms with E-state index in [1.807, 2.05) is 74.1 Å². The molecular weight excluding hydrogens is 348 g/mol. The Bertz CT molecular complexity index is 801. The molecule has 0 aliphatic rings. The van der Waals surface area contributed by atoms with Gasteiger partial charge < -0.3 is 4.90 Å². The van der Waals surface area contributed by atoms with Crippen LogP contribution in [0.4, 0.5) is 0 Å². The van der Waals surface area contributed by atoms with Gasteiger partial charge in [0.25, 0.3) is 5.91 Å². The van der Waals surface area contributed by atoms with Crippen LogP contribution in [0.3, 0.4) is 0 Å². The molecule has 0 aliphatic carbocycles. The minimum atomic E-state index is 0.0346. The standard InChI is InChI=1S/C20H20N2OS2/c1-15(16-6-4-3-5-7-16)22(2)20(23)17-8-10-19(11-9-17)25-13-18-12-24-14-21-18/h3-12,14-15H,13H2,1-2H3/t15-/m0/s1. The van der Waals surface area contributed by atoms with E-state index >= 15 is 0 Å². The van der Waals surface area contributed by atoms with Crippen molar-refractivity contribution in [2.75, 3.05) is 7.05 Å². The van der Waals surface area contributed by atoms with Crippen molar-refractivity contribution in [3.63, 3.8) is 0 Å². The lowest BCUT2D eigenvalue weighted by atomic mass is 10.1. The summed E-state index contributed by atoms with van der Waals surface area (Å²) in [6, 6.07) is 17.9. The van der Waals surface area contributed by atoms with Crippen molar-refractivity contribution in [1.29, 1.82) is 0 Å². The summed E-state index contributed by atoms with van der Waals surface area (Å²) in [5.74, 6) is 0.884. The molecule has 128 valence electrons. The Morgan fingerprint density at radius 2 is 1.88 bits per heavy atom. The zero-order valence-corrected chi connectivity index (χ0v) is 15.9. The maximum atomic E-state index is 12.7. The van der Waals surface area contributed by atoms with Crippen molar-refractivity contribution in [2.45, 2.75) is 23.6 Å². The van der Waals surface area contributed by atoms with Crippen molar-refractivity contribution >= 4 is 29.0 Å². The highest BCUT2D eigenvalue weighted by Crippen LogP contribution is 2.25. The van der Waals surface area contributed by atoms with E-state index in [9.17, 15) is 4.79 Å². The summed E-state index contributed by atoms with van der Waals surface area (Å²) in [5.41, 5.74) is 4.78. The van der Waals surface area contributed by atoms with Gasteiger partial charge in [0.05, 0.1) is 17.2 Å². The van der Waals surface area contributed by atoms with Crippen LogP contribution in [0.15, 0.2) is 70.4 Å². The van der Waals surface area contributed by atoms with Crippen LogP contribution in [0.2, 0.25) is 0 Å². The van der Waals surface area contributed by atoms with E-state index in [-0.39, 0.29) is 11.9 Å². The summed E-state index contributed by atoms with van der Waals surface area (Å²) in [6.45, 7) is 2.05. The van der Waals surface area contributed by atoms with Gasteiger partial charge in [-0.2, -0.15) is 0 Å². The number of amides is 1. The van der Waals surface area contributed by atoms with Crippen molar-refractivity contribution in [2.24, 2.45) is 0 Å². The zero-order valence-electron chi connectivity index (χ0n) is 14.3. The predicted octanol–water partition coefficient (Wildman–Crippen LogP) is 5.27. The Morgan fingerprint density at radius 3 is 2.52 bits per heavy atom. The van der Waals surface area contributed by atoms with Gasteiger partial charge in [-0.3, -0.25) is 4.79 Å². The number of carbonyl (C=O) groups excluding carboxylic acids is 1. The van der Waals surface area contributed by atoms with Crippen LogP contribution in [-0.2, 0) is 5.75 Å². The number of aromatic nitrogens is 1. The van der Waals surface area contributed by atoms with E-state index in [1.165, 1.54) is 0 Å². The van der Waals surface area contributed by atoms with Gasteiger partial charge in [0.15, 0.2) is 0 Å². The summed E-state index contributed by atoms with van der Waals surface area (Å²) in [7, 11) is 1.85. The number of carbonyl (C=O) groups is 1. The summed E-state index contributed by atoms with van der Waals surface area (Å²) < 4.78 is 0. The zero-order chi connectivity index (χ0) is 17.6. The average Bonchev–Trinajstić information content (AvgIpc) is 3.19. The first-order valence-corrected chi connectivity index (χ1v) is 10.00. The molecule has 3 nitrogen and oxygen atoms in total. The Balaban J connectivity index is 1.63. The molecule has 1 atom stereocenters. The fraction of sp³-hybridized carbons (Fsp3) is 0.200. The number of hydrogen-bond donors (Lipinski definition) is 0. The van der Waals surface area contributed by atoms with Gasteiger partial charge >= 0.3 is 0 Å². The molecule has 0 saturated carbocycles. The molecule has 0 unspecified atom stereocenters. The largest absolute Gasteiger partial charge is 0.335 e. The third kappa shape index (κ3) is 4.50. The van der Waals surface area contributed by atoms with Crippen LogP contribution in [-0.4, -0.2) is 22.8 Å². The van der Waals surface area contributed by atoms with Crippen molar-refractivity contribution in [1.82, 2.24) is 9.88 Å². The Kier molecular flexibility index (Phi) is 5.89. The third-order valence-electron chi connectivity index (χ3n) is 4.15. The van der Waals surface area contributed by atoms with Gasteiger partial charge in [0.2, 0.25) is 0 Å². The molecule has 3 aromatic rings. The molecule has 0 aliphatic heterocycles. The molecule has 0 fully saturated rings. The van der Waals surface area contributed by atoms with Crippen LogP contribution in [0, 0.1) is 0 Å². The highest BCUT2D eigenvalue weighted by Gasteiger charge is 2.18. The molecule has 0 spiro atoms. The number of benzene rings is 2. The van der Waals surface area contributed by atoms with Gasteiger partial charge in [-0.15, -0.1) is 23.1 Å². The lowest BCUT2D eigenvalue weighted by Crippen LogP contribution is -2.29. The maximum absolute atomic E-state index is 12.7. The monoisotopic (exact) mass is 368 g/mol. The van der Waals surface area contributed by atoms with Crippen LogP contribution >= 0.6 is 23.1 Å². The first-order valence-electron chi connectivity index (χ1n) is 8.07. The molecule has 1 amide bonds. The lowest BCUT2D eigenvalue weighted by molar-refractivity contribution is 0.0742. The molecule has 1 aromatic heterocycles. The Hall–Kier alpha value is -2.11. The first-order chi connectivity index (χ1) is 12.1. The summed E-state index contributed by atoms with van der Waals surface area (Å²) in [6.07, 6.45) is 0. The second kappa shape index (κ2) is 8.32. The fourth-order valence-electron chi connectivity index (χ4n) is 2.49. The van der Waals surface area contributed by atoms with Crippen molar-refractivity contribution in [3.8, 4) is 0 Å². The van der Waals surface area contributed by atoms with Crippen LogP contribution in [0.25, 0.3) is 0 Å². The minimum absolute atomic E-state index is 0.0346. The number of thiazole rings is 1. The van der Waals surface area contributed by atoms with E-state index in [2.05, 4.69) is 10.4 Å². The van der Waals surface area contributed by atoms with E-state index in [1.54, 1.807) is 28.0 Å². The van der Waals surface area contributed by atoms with Gasteiger partial charge in [0.1, 0.15) is 0 Å². The topological polar surface area (TPSA) is 33.2 Å². The molecule has 5 heteroatoms. The molecule has 2 aromatic carbocycles. The molecule has 0 bridgehead atoms. The third-order valence-corrected chi connectivity index (χ3v) is 5.84. The highest BCUT2D eigenvalue weighted by atomic mass is 32.2. The quantitative estimate of drug-likeness (QED) is 0.556. The fourth-order valence-corrected chi connectivity index (χ4v) is 3.96. The number of nitrogens with zero attached hydrogens (tertiary/aromatic N) is 2. The minimum Gasteiger partial charge on any atom is -0.335 e.